The summed E-state index contributed by atoms with van der Waals surface area (Å²) in [4.78, 5) is 10.9. The van der Waals surface area contributed by atoms with Crippen molar-refractivity contribution in [3.8, 4) is 0 Å². The van der Waals surface area contributed by atoms with Crippen molar-refractivity contribution >= 4 is 28.3 Å². The van der Waals surface area contributed by atoms with Gasteiger partial charge in [0, 0.05) is 30.1 Å². The zero-order valence-electron chi connectivity index (χ0n) is 8.53. The highest BCUT2D eigenvalue weighted by molar-refractivity contribution is 6.35. The molecule has 1 aromatic carbocycles. The van der Waals surface area contributed by atoms with E-state index in [2.05, 4.69) is 0 Å². The Hall–Kier alpha value is -1.28. The molecule has 0 bridgehead atoms. The Balaban J connectivity index is 2.39. The normalized spacial score (nSPS) is 10.8. The second-order valence-corrected chi connectivity index (χ2v) is 4.05. The maximum Gasteiger partial charge on any atom is 0.131 e. The molecule has 1 heterocycles. The highest BCUT2D eigenvalue weighted by Crippen LogP contribution is 2.25. The van der Waals surface area contributed by atoms with Gasteiger partial charge in [0.15, 0.2) is 0 Å². The number of nitrogens with zero attached hydrogens (tertiary/aromatic N) is 1. The van der Waals surface area contributed by atoms with E-state index >= 15 is 0 Å². The molecule has 0 radical (unpaired) electrons. The van der Waals surface area contributed by atoms with Crippen molar-refractivity contribution in [3.05, 3.63) is 35.5 Å². The fraction of sp³-hybridized carbons (Fsp3) is 0.250. The van der Waals surface area contributed by atoms with E-state index in [1.807, 2.05) is 35.0 Å². The van der Waals surface area contributed by atoms with Gasteiger partial charge in [-0.25, -0.2) is 0 Å². The number of fused-ring (bicyclic) bond motifs is 1. The van der Waals surface area contributed by atoms with Crippen LogP contribution in [0, 0.1) is 0 Å². The lowest BCUT2D eigenvalue weighted by molar-refractivity contribution is -0.117. The first-order valence-electron chi connectivity index (χ1n) is 4.91. The largest absolute Gasteiger partial charge is 0.345 e. The highest BCUT2D eigenvalue weighted by atomic mass is 35.5. The molecule has 2 nitrogen and oxygen atoms in total. The number of hydrogen-bond acceptors (Lipinski definition) is 1. The molecule has 3 heteroatoms. The van der Waals surface area contributed by atoms with Crippen LogP contribution in [-0.2, 0) is 11.3 Å². The summed E-state index contributed by atoms with van der Waals surface area (Å²) in [5.41, 5.74) is 1.09. The van der Waals surface area contributed by atoms with E-state index in [-0.39, 0.29) is 5.78 Å². The Kier molecular flexibility index (Phi) is 2.78. The van der Waals surface area contributed by atoms with Crippen LogP contribution in [0.2, 0.25) is 5.02 Å². The van der Waals surface area contributed by atoms with Crippen LogP contribution < -0.4 is 0 Å². The van der Waals surface area contributed by atoms with Crippen molar-refractivity contribution in [2.24, 2.45) is 0 Å². The number of Topliss-reactive ketones (excluding diaryl/α,β-unsaturated/α-hetero) is 1. The molecule has 0 aliphatic heterocycles. The molecule has 0 saturated carbocycles. The number of para-hydroxylation sites is 1. The summed E-state index contributed by atoms with van der Waals surface area (Å²) in [6, 6.07) is 7.94. The summed E-state index contributed by atoms with van der Waals surface area (Å²) in [6.07, 6.45) is 2.43. The number of hydrogen-bond donors (Lipinski definition) is 0. The quantitative estimate of drug-likeness (QED) is 0.780. The monoisotopic (exact) mass is 221 g/mol. The van der Waals surface area contributed by atoms with Gasteiger partial charge in [0.1, 0.15) is 5.78 Å². The molecule has 0 saturated heterocycles. The van der Waals surface area contributed by atoms with Crippen molar-refractivity contribution in [2.45, 2.75) is 19.9 Å². The highest BCUT2D eigenvalue weighted by Gasteiger charge is 2.05. The maximum absolute atomic E-state index is 10.9. The lowest BCUT2D eigenvalue weighted by atomic mass is 10.2. The number of benzene rings is 1. The van der Waals surface area contributed by atoms with Gasteiger partial charge in [-0.1, -0.05) is 29.8 Å². The third-order valence-corrected chi connectivity index (χ3v) is 2.75. The minimum Gasteiger partial charge on any atom is -0.345 e. The minimum absolute atomic E-state index is 0.198. The number of carbonyl (C=O) groups excluding carboxylic acids is 1. The number of rotatable bonds is 3. The Morgan fingerprint density at radius 1 is 1.40 bits per heavy atom. The molecule has 0 aliphatic rings. The molecule has 0 aliphatic carbocycles. The number of aryl methyl sites for hydroxylation is 1. The van der Waals surface area contributed by atoms with E-state index in [9.17, 15) is 4.79 Å². The van der Waals surface area contributed by atoms with Crippen LogP contribution in [0.5, 0.6) is 0 Å². The van der Waals surface area contributed by atoms with E-state index < -0.39 is 0 Å². The van der Waals surface area contributed by atoms with E-state index in [0.717, 1.165) is 15.9 Å². The summed E-state index contributed by atoms with van der Waals surface area (Å²) in [5, 5.41) is 1.79. The number of carbonyl (C=O) groups is 1. The van der Waals surface area contributed by atoms with Crippen molar-refractivity contribution in [1.82, 2.24) is 4.57 Å². The molecule has 0 N–H and O–H groups in total. The second-order valence-electron chi connectivity index (χ2n) is 3.64. The first-order valence-corrected chi connectivity index (χ1v) is 5.29. The van der Waals surface area contributed by atoms with Crippen molar-refractivity contribution in [2.75, 3.05) is 0 Å². The molecule has 15 heavy (non-hydrogen) atoms. The fourth-order valence-corrected chi connectivity index (χ4v) is 1.94. The molecule has 2 aromatic rings. The van der Waals surface area contributed by atoms with E-state index in [1.54, 1.807) is 6.92 Å². The molecule has 0 spiro atoms. The van der Waals surface area contributed by atoms with E-state index in [1.165, 1.54) is 0 Å². The van der Waals surface area contributed by atoms with Gasteiger partial charge in [0.25, 0.3) is 0 Å². The van der Waals surface area contributed by atoms with Crippen LogP contribution in [0.4, 0.5) is 0 Å². The van der Waals surface area contributed by atoms with Gasteiger partial charge in [-0.3, -0.25) is 4.79 Å². The smallest absolute Gasteiger partial charge is 0.131 e. The topological polar surface area (TPSA) is 22.0 Å². The van der Waals surface area contributed by atoms with Crippen molar-refractivity contribution < 1.29 is 4.79 Å². The molecule has 1 aromatic heterocycles. The van der Waals surface area contributed by atoms with Crippen LogP contribution >= 0.6 is 11.6 Å². The Morgan fingerprint density at radius 3 is 2.87 bits per heavy atom. The van der Waals surface area contributed by atoms with Gasteiger partial charge < -0.3 is 4.57 Å². The van der Waals surface area contributed by atoms with Crippen LogP contribution in [0.3, 0.4) is 0 Å². The van der Waals surface area contributed by atoms with Gasteiger partial charge >= 0.3 is 0 Å². The minimum atomic E-state index is 0.198. The van der Waals surface area contributed by atoms with Crippen LogP contribution in [0.25, 0.3) is 10.9 Å². The molecule has 78 valence electrons. The summed E-state index contributed by atoms with van der Waals surface area (Å²) in [6.45, 7) is 2.30. The summed E-state index contributed by atoms with van der Waals surface area (Å²) >= 11 is 6.09. The molecule has 2 rings (SSSR count). The fourth-order valence-electron chi connectivity index (χ4n) is 1.66. The lowest BCUT2D eigenvalue weighted by Crippen LogP contribution is -2.00. The summed E-state index contributed by atoms with van der Waals surface area (Å²) < 4.78 is 2.03. The molecule has 0 unspecified atom stereocenters. The molecule has 0 fully saturated rings. The predicted octanol–water partition coefficient (Wildman–Crippen LogP) is 3.27. The SMILES string of the molecule is CC(=O)CCn1cc(Cl)c2ccccc21. The standard InChI is InChI=1S/C12H12ClNO/c1-9(15)6-7-14-8-11(13)10-4-2-3-5-12(10)14/h2-5,8H,6-7H2,1H3. The van der Waals surface area contributed by atoms with Gasteiger partial charge in [0.2, 0.25) is 0 Å². The average Bonchev–Trinajstić information content (AvgIpc) is 2.54. The predicted molar refractivity (Wildman–Crippen MR) is 62.2 cm³/mol. The summed E-state index contributed by atoms with van der Waals surface area (Å²) in [5.74, 6) is 0.198. The zero-order chi connectivity index (χ0) is 10.8. The van der Waals surface area contributed by atoms with Gasteiger partial charge in [0.05, 0.1) is 5.02 Å². The molecular weight excluding hydrogens is 210 g/mol. The molecular formula is C12H12ClNO. The van der Waals surface area contributed by atoms with Crippen LogP contribution in [0.15, 0.2) is 30.5 Å². The van der Waals surface area contributed by atoms with E-state index in [0.29, 0.717) is 13.0 Å². The average molecular weight is 222 g/mol. The van der Waals surface area contributed by atoms with Gasteiger partial charge in [-0.2, -0.15) is 0 Å². The Labute approximate surface area is 93.5 Å². The number of halogens is 1. The number of aromatic nitrogens is 1. The Bertz CT molecular complexity index is 501. The lowest BCUT2D eigenvalue weighted by Gasteiger charge is -2.02. The molecule has 0 atom stereocenters. The van der Waals surface area contributed by atoms with Crippen molar-refractivity contribution in [1.29, 1.82) is 0 Å². The summed E-state index contributed by atoms with van der Waals surface area (Å²) in [7, 11) is 0. The number of ketones is 1. The van der Waals surface area contributed by atoms with Crippen LogP contribution in [-0.4, -0.2) is 10.4 Å². The zero-order valence-corrected chi connectivity index (χ0v) is 9.29. The first kappa shape index (κ1) is 10.2. The van der Waals surface area contributed by atoms with E-state index in [4.69, 9.17) is 11.6 Å². The third-order valence-electron chi connectivity index (χ3n) is 2.44. The maximum atomic E-state index is 10.9. The first-order chi connectivity index (χ1) is 7.18. The van der Waals surface area contributed by atoms with Gasteiger partial charge in [-0.15, -0.1) is 0 Å². The second kappa shape index (κ2) is 4.07. The third kappa shape index (κ3) is 2.05. The van der Waals surface area contributed by atoms with Crippen LogP contribution in [0.1, 0.15) is 13.3 Å². The molecule has 0 amide bonds. The Morgan fingerprint density at radius 2 is 2.13 bits per heavy atom. The van der Waals surface area contributed by atoms with Gasteiger partial charge in [-0.05, 0) is 13.0 Å². The van der Waals surface area contributed by atoms with Crippen molar-refractivity contribution in [3.63, 3.8) is 0 Å².